The molecule has 0 radical (unpaired) electrons. The zero-order chi connectivity index (χ0) is 24.1. The van der Waals surface area contributed by atoms with E-state index in [1.165, 1.54) is 4.90 Å². The number of hydrogen-bond acceptors (Lipinski definition) is 6. The number of rotatable bonds is 5. The van der Waals surface area contributed by atoms with Crippen molar-refractivity contribution in [1.82, 2.24) is 9.80 Å². The molecule has 0 saturated carbocycles. The number of fused-ring (bicyclic) bond motifs is 2. The first kappa shape index (κ1) is 22.8. The van der Waals surface area contributed by atoms with E-state index in [-0.39, 0.29) is 25.0 Å². The Morgan fingerprint density at radius 2 is 1.85 bits per heavy atom. The van der Waals surface area contributed by atoms with Crippen LogP contribution in [0.3, 0.4) is 0 Å². The van der Waals surface area contributed by atoms with Crippen LogP contribution in [0.1, 0.15) is 25.8 Å². The molecule has 0 bridgehead atoms. The van der Waals surface area contributed by atoms with Crippen LogP contribution in [0, 0.1) is 11.8 Å². The summed E-state index contributed by atoms with van der Waals surface area (Å²) < 4.78 is 12.0. The third-order valence-electron chi connectivity index (χ3n) is 7.63. The maximum atomic E-state index is 14.1. The van der Waals surface area contributed by atoms with Crippen molar-refractivity contribution in [2.45, 2.75) is 50.1 Å². The predicted molar refractivity (Wildman–Crippen MR) is 122 cm³/mol. The highest BCUT2D eigenvalue weighted by Gasteiger charge is 2.75. The van der Waals surface area contributed by atoms with Gasteiger partial charge in [-0.3, -0.25) is 14.4 Å². The molecule has 180 valence electrons. The van der Waals surface area contributed by atoms with Crippen LogP contribution in [0.4, 0.5) is 0 Å². The van der Waals surface area contributed by atoms with Gasteiger partial charge >= 0.3 is 5.97 Å². The molecule has 1 spiro atoms. The minimum atomic E-state index is -1.33. The highest BCUT2D eigenvalue weighted by atomic mass is 16.6. The third kappa shape index (κ3) is 3.23. The van der Waals surface area contributed by atoms with Crippen LogP contribution >= 0.6 is 0 Å². The van der Waals surface area contributed by atoms with Crippen LogP contribution in [0.25, 0.3) is 0 Å². The predicted octanol–water partition coefficient (Wildman–Crippen LogP) is 1.44. The fourth-order valence-corrected chi connectivity index (χ4v) is 6.09. The number of carbonyl (C=O) groups excluding carboxylic acids is 3. The summed E-state index contributed by atoms with van der Waals surface area (Å²) in [6.45, 7) is 4.19. The first-order valence-corrected chi connectivity index (χ1v) is 11.8. The molecule has 34 heavy (non-hydrogen) atoms. The first-order valence-electron chi connectivity index (χ1n) is 11.8. The van der Waals surface area contributed by atoms with Gasteiger partial charge in [0.1, 0.15) is 24.2 Å². The topological polar surface area (TPSA) is 96.4 Å². The summed E-state index contributed by atoms with van der Waals surface area (Å²) in [5.74, 6) is -2.93. The summed E-state index contributed by atoms with van der Waals surface area (Å²) in [5.41, 5.74) is -1.45. The van der Waals surface area contributed by atoms with Gasteiger partial charge in [-0.25, -0.2) is 0 Å². The van der Waals surface area contributed by atoms with Gasteiger partial charge in [-0.2, -0.15) is 0 Å². The number of amides is 2. The number of hydrogen-bond donors (Lipinski definition) is 1. The van der Waals surface area contributed by atoms with E-state index in [4.69, 9.17) is 9.47 Å². The van der Waals surface area contributed by atoms with Gasteiger partial charge in [0.25, 0.3) is 0 Å². The Morgan fingerprint density at radius 3 is 2.56 bits per heavy atom. The van der Waals surface area contributed by atoms with Crippen molar-refractivity contribution in [3.8, 4) is 0 Å². The Kier molecular flexibility index (Phi) is 5.61. The number of likely N-dealkylation sites (tertiary alicyclic amines) is 1. The van der Waals surface area contributed by atoms with Crippen molar-refractivity contribution in [3.05, 3.63) is 60.2 Å². The molecule has 1 N–H and O–H groups in total. The monoisotopic (exact) mass is 466 g/mol. The smallest absolute Gasteiger partial charge is 0.313 e. The molecule has 2 saturated heterocycles. The van der Waals surface area contributed by atoms with Crippen molar-refractivity contribution in [1.29, 1.82) is 0 Å². The van der Waals surface area contributed by atoms with E-state index in [0.29, 0.717) is 19.5 Å². The summed E-state index contributed by atoms with van der Waals surface area (Å²) in [6, 6.07) is 8.10. The maximum Gasteiger partial charge on any atom is 0.313 e. The maximum absolute atomic E-state index is 14.1. The van der Waals surface area contributed by atoms with Crippen molar-refractivity contribution < 1.29 is 29.0 Å². The molecule has 1 aromatic rings. The number of nitrogens with zero attached hydrogens (tertiary/aromatic N) is 2. The van der Waals surface area contributed by atoms with Gasteiger partial charge in [0.05, 0.1) is 24.2 Å². The van der Waals surface area contributed by atoms with Crippen LogP contribution in [0.2, 0.25) is 0 Å². The highest BCUT2D eigenvalue weighted by molar-refractivity contribution is 5.99. The average molecular weight is 467 g/mol. The lowest BCUT2D eigenvalue weighted by atomic mass is 9.75. The second-order valence-electron chi connectivity index (χ2n) is 9.63. The number of aliphatic hydroxyl groups excluding tert-OH is 1. The van der Waals surface area contributed by atoms with E-state index in [1.807, 2.05) is 43.3 Å². The van der Waals surface area contributed by atoms with E-state index in [9.17, 15) is 19.5 Å². The minimum Gasteiger partial charge on any atom is -0.461 e. The van der Waals surface area contributed by atoms with Crippen LogP contribution in [0.15, 0.2) is 54.6 Å². The molecule has 6 atom stereocenters. The van der Waals surface area contributed by atoms with Gasteiger partial charge in [0.15, 0.2) is 0 Å². The Bertz CT molecular complexity index is 1050. The summed E-state index contributed by atoms with van der Waals surface area (Å²) in [5, 5.41) is 10.1. The van der Waals surface area contributed by atoms with Crippen molar-refractivity contribution >= 4 is 17.8 Å². The fourth-order valence-electron chi connectivity index (χ4n) is 6.09. The summed E-state index contributed by atoms with van der Waals surface area (Å²) in [6.07, 6.45) is 7.61. The Labute approximate surface area is 198 Å². The normalized spacial score (nSPS) is 35.4. The quantitative estimate of drug-likeness (QED) is 0.521. The van der Waals surface area contributed by atoms with Crippen molar-refractivity contribution in [2.24, 2.45) is 11.8 Å². The molecule has 2 fully saturated rings. The van der Waals surface area contributed by atoms with Gasteiger partial charge in [-0.05, 0) is 25.0 Å². The molecule has 8 heteroatoms. The second kappa shape index (κ2) is 8.36. The lowest BCUT2D eigenvalue weighted by molar-refractivity contribution is -0.160. The SMILES string of the molecule is CC[C@@H](CO)N1C(=O)[C@@H]2[C@@H]3C(=O)OCC=C[C@]3(C)O[C@@]23C=CCN(Cc2ccccc2)C(=O)C13. The van der Waals surface area contributed by atoms with E-state index < -0.39 is 41.1 Å². The standard InChI is InChI=1S/C26H30N2O6/c1-3-18(16-29)28-21-23(31)27(15-17-9-5-4-6-10-17)13-7-12-26(21)19(22(28)30)20-24(32)33-14-8-11-25(20,2)34-26/h4-12,18-21,29H,3,13-16H2,1-2H3/t18-,19-,20+,21?,25-,26-/m0/s1. The molecule has 4 heterocycles. The van der Waals surface area contributed by atoms with Crippen molar-refractivity contribution in [3.63, 3.8) is 0 Å². The average Bonchev–Trinajstić information content (AvgIpc) is 3.09. The lowest BCUT2D eigenvalue weighted by Gasteiger charge is -2.39. The molecule has 1 aromatic carbocycles. The second-order valence-corrected chi connectivity index (χ2v) is 9.63. The molecular formula is C26H30N2O6. The molecular weight excluding hydrogens is 436 g/mol. The van der Waals surface area contributed by atoms with Crippen molar-refractivity contribution in [2.75, 3.05) is 19.8 Å². The molecule has 2 amide bonds. The largest absolute Gasteiger partial charge is 0.461 e. The summed E-state index contributed by atoms with van der Waals surface area (Å²) in [7, 11) is 0. The first-order chi connectivity index (χ1) is 16.4. The molecule has 4 aliphatic rings. The fraction of sp³-hybridized carbons (Fsp3) is 0.500. The van der Waals surface area contributed by atoms with E-state index in [1.54, 1.807) is 30.1 Å². The minimum absolute atomic E-state index is 0.114. The van der Waals surface area contributed by atoms with Crippen LogP contribution < -0.4 is 0 Å². The van der Waals surface area contributed by atoms with Gasteiger partial charge in [0, 0.05) is 13.1 Å². The van der Waals surface area contributed by atoms with E-state index >= 15 is 0 Å². The van der Waals surface area contributed by atoms with E-state index in [2.05, 4.69) is 0 Å². The molecule has 0 aliphatic carbocycles. The number of aliphatic hydroxyl groups is 1. The number of benzene rings is 1. The van der Waals surface area contributed by atoms with Gasteiger partial charge in [-0.1, -0.05) is 55.5 Å². The van der Waals surface area contributed by atoms with Crippen LogP contribution in [0.5, 0.6) is 0 Å². The Morgan fingerprint density at radius 1 is 1.09 bits per heavy atom. The lowest BCUT2D eigenvalue weighted by Crippen LogP contribution is -2.58. The van der Waals surface area contributed by atoms with E-state index in [0.717, 1.165) is 5.56 Å². The molecule has 8 nitrogen and oxygen atoms in total. The molecule has 0 aromatic heterocycles. The van der Waals surface area contributed by atoms with Gasteiger partial charge in [-0.15, -0.1) is 0 Å². The summed E-state index contributed by atoms with van der Waals surface area (Å²) in [4.78, 5) is 44.3. The highest BCUT2D eigenvalue weighted by Crippen LogP contribution is 2.57. The zero-order valence-corrected chi connectivity index (χ0v) is 19.4. The van der Waals surface area contributed by atoms with Gasteiger partial charge < -0.3 is 24.4 Å². The van der Waals surface area contributed by atoms with Crippen LogP contribution in [-0.4, -0.2) is 75.7 Å². The Hall–Kier alpha value is -2.97. The summed E-state index contributed by atoms with van der Waals surface area (Å²) >= 11 is 0. The molecule has 1 unspecified atom stereocenters. The third-order valence-corrected chi connectivity index (χ3v) is 7.63. The van der Waals surface area contributed by atoms with Gasteiger partial charge in [0.2, 0.25) is 11.8 Å². The molecule has 4 aliphatic heterocycles. The zero-order valence-electron chi connectivity index (χ0n) is 19.4. The Balaban J connectivity index is 1.62. The van der Waals surface area contributed by atoms with Crippen LogP contribution in [-0.2, 0) is 30.4 Å². The number of cyclic esters (lactones) is 1. The molecule has 5 rings (SSSR count). The number of ether oxygens (including phenoxy) is 2. The number of carbonyl (C=O) groups is 3. The number of esters is 1.